The molecule has 0 saturated carbocycles. The molecule has 0 unspecified atom stereocenters. The van der Waals surface area contributed by atoms with Crippen LogP contribution < -0.4 is 5.32 Å². The highest BCUT2D eigenvalue weighted by Gasteiger charge is 2.21. The number of nitrogens with one attached hydrogen (secondary N) is 1. The molecule has 0 heterocycles. The second-order valence-corrected chi connectivity index (χ2v) is 4.64. The van der Waals surface area contributed by atoms with Crippen molar-refractivity contribution >= 4 is 17.6 Å². The van der Waals surface area contributed by atoms with Crippen molar-refractivity contribution in [2.75, 3.05) is 5.32 Å². The number of ether oxygens (including phenoxy) is 1. The average molecular weight is 323 g/mol. The molecule has 0 spiro atoms. The highest BCUT2D eigenvalue weighted by molar-refractivity contribution is 5.97. The van der Waals surface area contributed by atoms with Gasteiger partial charge in [0.25, 0.3) is 5.91 Å². The largest absolute Gasteiger partial charge is 0.449 e. The van der Waals surface area contributed by atoms with Crippen LogP contribution in [0.2, 0.25) is 0 Å². The molecule has 0 fully saturated rings. The summed E-state index contributed by atoms with van der Waals surface area (Å²) in [5.41, 5.74) is -0.715. The first-order valence-corrected chi connectivity index (χ1v) is 6.60. The first-order chi connectivity index (χ1) is 10.9. The molecule has 0 aliphatic rings. The van der Waals surface area contributed by atoms with Gasteiger partial charge in [-0.25, -0.2) is 18.0 Å². The predicted molar refractivity (Wildman–Crippen MR) is 76.3 cm³/mol. The molecule has 1 amide bonds. The van der Waals surface area contributed by atoms with Crippen LogP contribution in [-0.4, -0.2) is 18.0 Å². The van der Waals surface area contributed by atoms with Crippen LogP contribution in [0, 0.1) is 17.5 Å². The van der Waals surface area contributed by atoms with Crippen LogP contribution in [-0.2, 0) is 9.53 Å². The highest BCUT2D eigenvalue weighted by Crippen LogP contribution is 2.16. The number of carbonyl (C=O) groups is 2. The van der Waals surface area contributed by atoms with Gasteiger partial charge in [-0.1, -0.05) is 12.1 Å². The zero-order chi connectivity index (χ0) is 17.0. The minimum absolute atomic E-state index is 0.330. The second kappa shape index (κ2) is 6.95. The fourth-order valence-electron chi connectivity index (χ4n) is 1.73. The van der Waals surface area contributed by atoms with Crippen LogP contribution in [0.4, 0.5) is 18.9 Å². The summed E-state index contributed by atoms with van der Waals surface area (Å²) in [6.45, 7) is 1.23. The summed E-state index contributed by atoms with van der Waals surface area (Å²) < 4.78 is 44.7. The third-order valence-electron chi connectivity index (χ3n) is 2.93. The summed E-state index contributed by atoms with van der Waals surface area (Å²) in [6.07, 6.45) is -1.33. The summed E-state index contributed by atoms with van der Waals surface area (Å²) in [5.74, 6) is -4.28. The zero-order valence-electron chi connectivity index (χ0n) is 12.0. The maximum absolute atomic E-state index is 13.4. The number of hydrogen-bond acceptors (Lipinski definition) is 3. The van der Waals surface area contributed by atoms with Crippen LogP contribution in [0.15, 0.2) is 42.5 Å². The van der Waals surface area contributed by atoms with E-state index < -0.39 is 35.4 Å². The van der Waals surface area contributed by atoms with Gasteiger partial charge in [0.1, 0.15) is 17.5 Å². The maximum Gasteiger partial charge on any atom is 0.341 e. The van der Waals surface area contributed by atoms with E-state index in [1.807, 2.05) is 0 Å². The van der Waals surface area contributed by atoms with Gasteiger partial charge < -0.3 is 10.1 Å². The van der Waals surface area contributed by atoms with E-state index in [-0.39, 0.29) is 11.3 Å². The molecule has 7 heteroatoms. The predicted octanol–water partition coefficient (Wildman–Crippen LogP) is 3.29. The van der Waals surface area contributed by atoms with Gasteiger partial charge in [-0.3, -0.25) is 4.79 Å². The molecule has 0 saturated heterocycles. The standard InChI is InChI=1S/C16H12F3NO3/c1-9(23-16(22)11-4-2-3-5-12(11)18)15(21)20-14-8-10(17)6-7-13(14)19/h2-9H,1H3,(H,20,21)/t9-/m1/s1. The van der Waals surface area contributed by atoms with Gasteiger partial charge in [-0.05, 0) is 31.2 Å². The van der Waals surface area contributed by atoms with Gasteiger partial charge in [-0.15, -0.1) is 0 Å². The number of esters is 1. The van der Waals surface area contributed by atoms with Crippen molar-refractivity contribution in [1.82, 2.24) is 0 Å². The van der Waals surface area contributed by atoms with Gasteiger partial charge in [0, 0.05) is 6.07 Å². The molecule has 0 bridgehead atoms. The maximum atomic E-state index is 13.4. The van der Waals surface area contributed by atoms with Crippen molar-refractivity contribution in [3.05, 3.63) is 65.5 Å². The minimum atomic E-state index is -1.33. The Morgan fingerprint density at radius 3 is 2.43 bits per heavy atom. The summed E-state index contributed by atoms with van der Waals surface area (Å²) in [7, 11) is 0. The number of halogens is 3. The number of benzene rings is 2. The zero-order valence-corrected chi connectivity index (χ0v) is 12.0. The fraction of sp³-hybridized carbons (Fsp3) is 0.125. The van der Waals surface area contributed by atoms with E-state index in [2.05, 4.69) is 5.32 Å². The molecule has 4 nitrogen and oxygen atoms in total. The molecule has 2 aromatic carbocycles. The van der Waals surface area contributed by atoms with Crippen molar-refractivity contribution in [3.8, 4) is 0 Å². The Bertz CT molecular complexity index is 749. The van der Waals surface area contributed by atoms with Crippen molar-refractivity contribution < 1.29 is 27.5 Å². The lowest BCUT2D eigenvalue weighted by molar-refractivity contribution is -0.123. The Kier molecular flexibility index (Phi) is 5.00. The summed E-state index contributed by atoms with van der Waals surface area (Å²) >= 11 is 0. The molecule has 1 N–H and O–H groups in total. The van der Waals surface area contributed by atoms with Gasteiger partial charge in [0.05, 0.1) is 11.3 Å². The molecular weight excluding hydrogens is 311 g/mol. The van der Waals surface area contributed by atoms with E-state index in [0.29, 0.717) is 0 Å². The summed E-state index contributed by atoms with van der Waals surface area (Å²) in [4.78, 5) is 23.6. The van der Waals surface area contributed by atoms with Crippen LogP contribution in [0.1, 0.15) is 17.3 Å². The lowest BCUT2D eigenvalue weighted by atomic mass is 10.2. The SMILES string of the molecule is C[C@@H](OC(=O)c1ccccc1F)C(=O)Nc1cc(F)ccc1F. The number of anilines is 1. The quantitative estimate of drug-likeness (QED) is 0.879. The smallest absolute Gasteiger partial charge is 0.341 e. The lowest BCUT2D eigenvalue weighted by Gasteiger charge is -2.14. The molecule has 0 aliphatic heterocycles. The monoisotopic (exact) mass is 323 g/mol. The second-order valence-electron chi connectivity index (χ2n) is 4.64. The molecule has 120 valence electrons. The molecule has 0 aliphatic carbocycles. The van der Waals surface area contributed by atoms with Crippen molar-refractivity contribution in [3.63, 3.8) is 0 Å². The Balaban J connectivity index is 2.04. The lowest BCUT2D eigenvalue weighted by Crippen LogP contribution is -2.30. The number of amides is 1. The van der Waals surface area contributed by atoms with E-state index in [9.17, 15) is 22.8 Å². The summed E-state index contributed by atoms with van der Waals surface area (Å²) in [5, 5.41) is 2.10. The normalized spacial score (nSPS) is 11.7. The van der Waals surface area contributed by atoms with Gasteiger partial charge in [0.2, 0.25) is 0 Å². The van der Waals surface area contributed by atoms with Gasteiger partial charge in [0.15, 0.2) is 6.10 Å². The van der Waals surface area contributed by atoms with Crippen LogP contribution in [0.5, 0.6) is 0 Å². The molecule has 23 heavy (non-hydrogen) atoms. The Labute approximate surface area is 129 Å². The van der Waals surface area contributed by atoms with Crippen LogP contribution in [0.3, 0.4) is 0 Å². The number of rotatable bonds is 4. The minimum Gasteiger partial charge on any atom is -0.449 e. The topological polar surface area (TPSA) is 55.4 Å². The average Bonchev–Trinajstić information content (AvgIpc) is 2.51. The van der Waals surface area contributed by atoms with E-state index in [4.69, 9.17) is 4.74 Å². The first-order valence-electron chi connectivity index (χ1n) is 6.60. The Hall–Kier alpha value is -2.83. The van der Waals surface area contributed by atoms with E-state index in [1.54, 1.807) is 0 Å². The number of hydrogen-bond donors (Lipinski definition) is 1. The molecular formula is C16H12F3NO3. The van der Waals surface area contributed by atoms with Crippen molar-refractivity contribution in [1.29, 1.82) is 0 Å². The van der Waals surface area contributed by atoms with E-state index >= 15 is 0 Å². The highest BCUT2D eigenvalue weighted by atomic mass is 19.1. The Morgan fingerprint density at radius 2 is 1.74 bits per heavy atom. The van der Waals surface area contributed by atoms with Gasteiger partial charge in [-0.2, -0.15) is 0 Å². The first kappa shape index (κ1) is 16.5. The Morgan fingerprint density at radius 1 is 1.04 bits per heavy atom. The number of carbonyl (C=O) groups excluding carboxylic acids is 2. The van der Waals surface area contributed by atoms with Crippen LogP contribution >= 0.6 is 0 Å². The van der Waals surface area contributed by atoms with Gasteiger partial charge >= 0.3 is 5.97 Å². The van der Waals surface area contributed by atoms with E-state index in [1.165, 1.54) is 25.1 Å². The molecule has 2 aromatic rings. The van der Waals surface area contributed by atoms with Crippen LogP contribution in [0.25, 0.3) is 0 Å². The molecule has 1 atom stereocenters. The van der Waals surface area contributed by atoms with Crippen molar-refractivity contribution in [2.24, 2.45) is 0 Å². The molecule has 0 aromatic heterocycles. The third-order valence-corrected chi connectivity index (χ3v) is 2.93. The summed E-state index contributed by atoms with van der Waals surface area (Å²) in [6, 6.07) is 7.64. The van der Waals surface area contributed by atoms with E-state index in [0.717, 1.165) is 24.3 Å². The molecule has 2 rings (SSSR count). The molecule has 0 radical (unpaired) electrons. The fourth-order valence-corrected chi connectivity index (χ4v) is 1.73. The third kappa shape index (κ3) is 4.09. The van der Waals surface area contributed by atoms with Crippen molar-refractivity contribution in [2.45, 2.75) is 13.0 Å².